The number of allylic oxidation sites excluding steroid dienone is 1. The molecule has 0 amide bonds. The summed E-state index contributed by atoms with van der Waals surface area (Å²) in [5.41, 5.74) is 7.18. The molecule has 33 heavy (non-hydrogen) atoms. The van der Waals surface area contributed by atoms with E-state index in [1.807, 2.05) is 16.7 Å². The molecule has 2 fully saturated rings. The second-order valence-corrected chi connectivity index (χ2v) is 8.69. The first-order valence-corrected chi connectivity index (χ1v) is 10.8. The van der Waals surface area contributed by atoms with E-state index in [0.29, 0.717) is 29.4 Å². The van der Waals surface area contributed by atoms with E-state index in [4.69, 9.17) is 20.3 Å². The fraction of sp³-hybridized carbons (Fsp3) is 0.600. The molecule has 5 unspecified atom stereocenters. The highest BCUT2D eigenvalue weighted by atomic mass is 16.7. The number of hydrogen-bond donors (Lipinski definition) is 6. The van der Waals surface area contributed by atoms with Gasteiger partial charge in [0, 0.05) is 12.0 Å². The Morgan fingerprint density at radius 2 is 2.00 bits per heavy atom. The molecule has 1 saturated carbocycles. The highest BCUT2D eigenvalue weighted by molar-refractivity contribution is 5.84. The average molecular weight is 462 g/mol. The van der Waals surface area contributed by atoms with Gasteiger partial charge in [0.2, 0.25) is 5.95 Å². The van der Waals surface area contributed by atoms with E-state index in [2.05, 4.69) is 20.3 Å². The Hall–Kier alpha value is -2.84. The third-order valence-corrected chi connectivity index (χ3v) is 6.15. The third kappa shape index (κ3) is 4.25. The zero-order valence-electron chi connectivity index (χ0n) is 17.6. The zero-order valence-corrected chi connectivity index (χ0v) is 17.6. The van der Waals surface area contributed by atoms with E-state index >= 15 is 0 Å². The van der Waals surface area contributed by atoms with Crippen LogP contribution in [-0.4, -0.2) is 89.3 Å². The molecular formula is C20H26N6O7. The molecule has 3 heterocycles. The van der Waals surface area contributed by atoms with E-state index < -0.39 is 36.7 Å². The molecular weight excluding hydrogens is 436 g/mol. The summed E-state index contributed by atoms with van der Waals surface area (Å²) >= 11 is 0. The number of aromatic nitrogens is 4. The van der Waals surface area contributed by atoms with Gasteiger partial charge in [0.15, 0.2) is 29.4 Å². The number of hydrogen-bond acceptors (Lipinski definition) is 11. The Labute approximate surface area is 187 Å². The van der Waals surface area contributed by atoms with Gasteiger partial charge < -0.3 is 45.5 Å². The van der Waals surface area contributed by atoms with Crippen molar-refractivity contribution >= 4 is 28.9 Å². The van der Waals surface area contributed by atoms with Crippen LogP contribution in [0.3, 0.4) is 0 Å². The number of nitrogens with zero attached hydrogens (tertiary/aromatic N) is 4. The summed E-state index contributed by atoms with van der Waals surface area (Å²) < 4.78 is 12.7. The van der Waals surface area contributed by atoms with E-state index in [0.717, 1.165) is 12.8 Å². The molecule has 178 valence electrons. The Bertz CT molecular complexity index is 1070. The Balaban J connectivity index is 1.24. The van der Waals surface area contributed by atoms with E-state index in [-0.39, 0.29) is 24.5 Å². The van der Waals surface area contributed by atoms with Crippen molar-refractivity contribution in [3.8, 4) is 0 Å². The number of carbonyl (C=O) groups is 1. The molecule has 2 aromatic heterocycles. The summed E-state index contributed by atoms with van der Waals surface area (Å²) in [5, 5.41) is 42.3. The number of fused-ring (bicyclic) bond motifs is 1. The van der Waals surface area contributed by atoms with Crippen LogP contribution in [0, 0.1) is 5.92 Å². The van der Waals surface area contributed by atoms with Crippen LogP contribution in [-0.2, 0) is 14.3 Å². The maximum absolute atomic E-state index is 11.2. The molecule has 3 aliphatic rings. The van der Waals surface area contributed by atoms with Crippen molar-refractivity contribution in [3.63, 3.8) is 0 Å². The van der Waals surface area contributed by atoms with Gasteiger partial charge in [-0.3, -0.25) is 0 Å². The quantitative estimate of drug-likeness (QED) is 0.275. The molecule has 13 nitrogen and oxygen atoms in total. The van der Waals surface area contributed by atoms with Crippen molar-refractivity contribution in [2.45, 2.75) is 62.1 Å². The average Bonchev–Trinajstić information content (AvgIpc) is 3.29. The van der Waals surface area contributed by atoms with E-state index in [1.54, 1.807) is 6.33 Å². The predicted octanol–water partition coefficient (Wildman–Crippen LogP) is -0.991. The first kappa shape index (κ1) is 22.0. The fourth-order valence-electron chi connectivity index (χ4n) is 4.19. The van der Waals surface area contributed by atoms with Gasteiger partial charge in [-0.15, -0.1) is 0 Å². The largest absolute Gasteiger partial charge is 0.479 e. The highest BCUT2D eigenvalue weighted by Gasteiger charge is 2.47. The lowest BCUT2D eigenvalue weighted by Gasteiger charge is -2.38. The van der Waals surface area contributed by atoms with Gasteiger partial charge in [0.25, 0.3) is 0 Å². The number of aliphatic carboxylic acids is 1. The van der Waals surface area contributed by atoms with Gasteiger partial charge in [-0.05, 0) is 19.3 Å². The maximum Gasteiger partial charge on any atom is 0.335 e. The van der Waals surface area contributed by atoms with Gasteiger partial charge >= 0.3 is 5.97 Å². The van der Waals surface area contributed by atoms with E-state index in [1.165, 1.54) is 0 Å². The number of rotatable bonds is 7. The number of carboxylic acids is 1. The molecule has 1 aliphatic heterocycles. The predicted molar refractivity (Wildman–Crippen MR) is 113 cm³/mol. The maximum atomic E-state index is 11.2. The number of aliphatic hydroxyl groups excluding tert-OH is 3. The number of nitrogens with one attached hydrogen (secondary N) is 1. The van der Waals surface area contributed by atoms with Crippen molar-refractivity contribution in [1.82, 2.24) is 19.5 Å². The SMILES string of the molecule is Nc1nc(NC2CC2)c2ncn([C@H]3C=C[C@@H](COC4OC(C(=O)O)C(O)C(O)C4O)C3)c2n1. The van der Waals surface area contributed by atoms with Gasteiger partial charge in [0.05, 0.1) is 19.0 Å². The number of nitrogens with two attached hydrogens (primary N) is 1. The van der Waals surface area contributed by atoms with Gasteiger partial charge in [-0.25, -0.2) is 9.78 Å². The lowest BCUT2D eigenvalue weighted by atomic mass is 9.99. The van der Waals surface area contributed by atoms with Crippen LogP contribution in [0.5, 0.6) is 0 Å². The van der Waals surface area contributed by atoms with Crippen LogP contribution in [0.1, 0.15) is 25.3 Å². The molecule has 1 saturated heterocycles. The molecule has 0 aromatic carbocycles. The van der Waals surface area contributed by atoms with Crippen molar-refractivity contribution < 1.29 is 34.7 Å². The zero-order chi connectivity index (χ0) is 23.3. The van der Waals surface area contributed by atoms with Crippen LogP contribution >= 0.6 is 0 Å². The topological polar surface area (TPSA) is 198 Å². The van der Waals surface area contributed by atoms with Crippen LogP contribution in [0.15, 0.2) is 18.5 Å². The van der Waals surface area contributed by atoms with Gasteiger partial charge in [-0.2, -0.15) is 9.97 Å². The number of ether oxygens (including phenoxy) is 2. The number of nitrogen functional groups attached to an aromatic ring is 1. The summed E-state index contributed by atoms with van der Waals surface area (Å²) in [6.07, 6.45) is 0.327. The summed E-state index contributed by atoms with van der Waals surface area (Å²) in [7, 11) is 0. The Kier molecular flexibility index (Phi) is 5.66. The first-order chi connectivity index (χ1) is 15.8. The smallest absolute Gasteiger partial charge is 0.335 e. The standard InChI is InChI=1S/C20H26N6O7/c21-20-24-16(23-9-2-3-9)11-17(25-20)26(7-22-11)10-4-1-8(5-10)6-32-19-14(29)12(27)13(28)15(33-19)18(30)31/h1,4,7-10,12-15,19,27-29H,2-3,5-6H2,(H,30,31)(H3,21,23,24,25)/t8-,10+,12?,13?,14?,15?,19?/m1/s1. The Morgan fingerprint density at radius 1 is 1.21 bits per heavy atom. The van der Waals surface area contributed by atoms with Gasteiger partial charge in [0.1, 0.15) is 18.3 Å². The summed E-state index contributed by atoms with van der Waals surface area (Å²) in [6, 6.07) is 0.321. The Morgan fingerprint density at radius 3 is 2.73 bits per heavy atom. The molecule has 2 aliphatic carbocycles. The summed E-state index contributed by atoms with van der Waals surface area (Å²) in [4.78, 5) is 24.4. The van der Waals surface area contributed by atoms with Crippen LogP contribution in [0.25, 0.3) is 11.2 Å². The van der Waals surface area contributed by atoms with Crippen molar-refractivity contribution in [2.75, 3.05) is 17.7 Å². The molecule has 0 spiro atoms. The monoisotopic (exact) mass is 462 g/mol. The normalized spacial score (nSPS) is 34.1. The lowest BCUT2D eigenvalue weighted by molar-refractivity contribution is -0.295. The number of anilines is 2. The van der Waals surface area contributed by atoms with Crippen molar-refractivity contribution in [3.05, 3.63) is 18.5 Å². The molecule has 13 heteroatoms. The summed E-state index contributed by atoms with van der Waals surface area (Å²) in [6.45, 7) is 0.113. The van der Waals surface area contributed by atoms with Crippen molar-refractivity contribution in [2.24, 2.45) is 5.92 Å². The molecule has 2 aromatic rings. The minimum absolute atomic E-state index is 0.0666. The third-order valence-electron chi connectivity index (χ3n) is 6.15. The van der Waals surface area contributed by atoms with Crippen LogP contribution < -0.4 is 11.1 Å². The molecule has 0 radical (unpaired) electrons. The molecule has 7 N–H and O–H groups in total. The minimum Gasteiger partial charge on any atom is -0.479 e. The van der Waals surface area contributed by atoms with E-state index in [9.17, 15) is 20.1 Å². The number of carboxylic acid groups (broad SMARTS) is 1. The summed E-state index contributed by atoms with van der Waals surface area (Å²) in [5.74, 6) is -0.741. The minimum atomic E-state index is -1.75. The second kappa shape index (κ2) is 8.50. The molecule has 7 atom stereocenters. The second-order valence-electron chi connectivity index (χ2n) is 8.69. The fourth-order valence-corrected chi connectivity index (χ4v) is 4.19. The van der Waals surface area contributed by atoms with Crippen molar-refractivity contribution in [1.29, 1.82) is 0 Å². The number of aliphatic hydroxyl groups is 3. The molecule has 0 bridgehead atoms. The molecule has 5 rings (SSSR count). The number of imidazole rings is 1. The lowest BCUT2D eigenvalue weighted by Crippen LogP contribution is -2.60. The van der Waals surface area contributed by atoms with Crippen LogP contribution in [0.4, 0.5) is 11.8 Å². The van der Waals surface area contributed by atoms with Gasteiger partial charge in [-0.1, -0.05) is 12.2 Å². The van der Waals surface area contributed by atoms with Crippen LogP contribution in [0.2, 0.25) is 0 Å². The first-order valence-electron chi connectivity index (χ1n) is 10.8. The highest BCUT2D eigenvalue weighted by Crippen LogP contribution is 2.34.